The summed E-state index contributed by atoms with van der Waals surface area (Å²) in [6, 6.07) is 10.5. The molecule has 0 spiro atoms. The van der Waals surface area contributed by atoms with Crippen LogP contribution in [0.4, 0.5) is 15.8 Å². The number of amides is 2. The lowest BCUT2D eigenvalue weighted by atomic mass is 10.1. The molecule has 154 valence electrons. The SMILES string of the molecule is CC(=O)Nc1ccccc1-c1nnc(SCC(=O)Nc2ccc(F)c(Cl)c2)[nH]c1=O. The molecule has 11 heteroatoms. The lowest BCUT2D eigenvalue weighted by Gasteiger charge is -2.08. The molecule has 3 N–H and O–H groups in total. The Bertz CT molecular complexity index is 1170. The van der Waals surface area contributed by atoms with Crippen molar-refractivity contribution in [2.75, 3.05) is 16.4 Å². The number of halogens is 2. The molecular weight excluding hydrogens is 433 g/mol. The Morgan fingerprint density at radius 3 is 2.63 bits per heavy atom. The molecule has 8 nitrogen and oxygen atoms in total. The molecule has 0 saturated carbocycles. The summed E-state index contributed by atoms with van der Waals surface area (Å²) in [5, 5.41) is 13.1. The minimum absolute atomic E-state index is 0.0362. The predicted molar refractivity (Wildman–Crippen MR) is 113 cm³/mol. The highest BCUT2D eigenvalue weighted by Gasteiger charge is 2.14. The van der Waals surface area contributed by atoms with Gasteiger partial charge < -0.3 is 10.6 Å². The van der Waals surface area contributed by atoms with Gasteiger partial charge in [0.1, 0.15) is 5.82 Å². The molecule has 30 heavy (non-hydrogen) atoms. The average molecular weight is 448 g/mol. The van der Waals surface area contributed by atoms with Crippen molar-refractivity contribution in [3.05, 3.63) is 63.7 Å². The van der Waals surface area contributed by atoms with Crippen LogP contribution in [0, 0.1) is 5.82 Å². The maximum atomic E-state index is 13.2. The van der Waals surface area contributed by atoms with Crippen LogP contribution in [0.25, 0.3) is 11.3 Å². The molecule has 2 aromatic carbocycles. The number of carbonyl (C=O) groups is 2. The van der Waals surface area contributed by atoms with E-state index in [-0.39, 0.29) is 27.5 Å². The molecule has 0 radical (unpaired) electrons. The first-order chi connectivity index (χ1) is 14.3. The van der Waals surface area contributed by atoms with Gasteiger partial charge in [-0.2, -0.15) is 0 Å². The lowest BCUT2D eigenvalue weighted by Crippen LogP contribution is -2.18. The number of nitrogens with zero attached hydrogens (tertiary/aromatic N) is 2. The smallest absolute Gasteiger partial charge is 0.278 e. The van der Waals surface area contributed by atoms with E-state index in [4.69, 9.17) is 11.6 Å². The molecule has 2 amide bonds. The summed E-state index contributed by atoms with van der Waals surface area (Å²) in [4.78, 5) is 38.4. The van der Waals surface area contributed by atoms with Crippen molar-refractivity contribution >= 4 is 46.6 Å². The van der Waals surface area contributed by atoms with Gasteiger partial charge in [0.2, 0.25) is 11.8 Å². The van der Waals surface area contributed by atoms with Gasteiger partial charge in [0.05, 0.1) is 16.5 Å². The molecule has 1 aromatic heterocycles. The molecule has 0 atom stereocenters. The first-order valence-electron chi connectivity index (χ1n) is 8.55. The number of anilines is 2. The van der Waals surface area contributed by atoms with Crippen LogP contribution in [0.2, 0.25) is 5.02 Å². The Morgan fingerprint density at radius 2 is 1.93 bits per heavy atom. The second kappa shape index (κ2) is 9.51. The van der Waals surface area contributed by atoms with E-state index in [0.29, 0.717) is 16.9 Å². The summed E-state index contributed by atoms with van der Waals surface area (Å²) in [7, 11) is 0. The fraction of sp³-hybridized carbons (Fsp3) is 0.105. The number of para-hydroxylation sites is 1. The molecule has 0 saturated heterocycles. The molecule has 3 rings (SSSR count). The summed E-state index contributed by atoms with van der Waals surface area (Å²) in [6.45, 7) is 1.36. The summed E-state index contributed by atoms with van der Waals surface area (Å²) >= 11 is 6.65. The van der Waals surface area contributed by atoms with E-state index in [1.54, 1.807) is 24.3 Å². The first kappa shape index (κ1) is 21.5. The largest absolute Gasteiger partial charge is 0.326 e. The summed E-state index contributed by atoms with van der Waals surface area (Å²) < 4.78 is 13.2. The lowest BCUT2D eigenvalue weighted by molar-refractivity contribution is -0.114. The van der Waals surface area contributed by atoms with Gasteiger partial charge in [-0.05, 0) is 24.3 Å². The van der Waals surface area contributed by atoms with E-state index < -0.39 is 17.3 Å². The van der Waals surface area contributed by atoms with Gasteiger partial charge in [-0.3, -0.25) is 19.4 Å². The maximum absolute atomic E-state index is 13.2. The molecule has 0 aliphatic rings. The maximum Gasteiger partial charge on any atom is 0.278 e. The van der Waals surface area contributed by atoms with Crippen LogP contribution in [0.3, 0.4) is 0 Å². The van der Waals surface area contributed by atoms with Crippen molar-refractivity contribution in [2.45, 2.75) is 12.1 Å². The van der Waals surface area contributed by atoms with Crippen LogP contribution in [0.15, 0.2) is 52.4 Å². The van der Waals surface area contributed by atoms with E-state index in [0.717, 1.165) is 17.8 Å². The highest BCUT2D eigenvalue weighted by atomic mass is 35.5. The number of rotatable bonds is 6. The number of carbonyl (C=O) groups excluding carboxylic acids is 2. The number of H-pyrrole nitrogens is 1. The van der Waals surface area contributed by atoms with Gasteiger partial charge >= 0.3 is 0 Å². The van der Waals surface area contributed by atoms with Crippen LogP contribution < -0.4 is 16.2 Å². The molecule has 0 aliphatic carbocycles. The van der Waals surface area contributed by atoms with E-state index in [1.165, 1.54) is 19.1 Å². The summed E-state index contributed by atoms with van der Waals surface area (Å²) in [5.74, 6) is -1.34. The zero-order valence-corrected chi connectivity index (χ0v) is 17.1. The fourth-order valence-electron chi connectivity index (χ4n) is 2.46. The van der Waals surface area contributed by atoms with Crippen molar-refractivity contribution in [3.63, 3.8) is 0 Å². The van der Waals surface area contributed by atoms with Gasteiger partial charge in [-0.15, -0.1) is 10.2 Å². The van der Waals surface area contributed by atoms with E-state index in [9.17, 15) is 18.8 Å². The van der Waals surface area contributed by atoms with Gasteiger partial charge in [-0.25, -0.2) is 4.39 Å². The fourth-order valence-corrected chi connectivity index (χ4v) is 3.24. The number of aromatic amines is 1. The Labute approximate surface area is 179 Å². The van der Waals surface area contributed by atoms with Crippen LogP contribution in [0.5, 0.6) is 0 Å². The number of hydrogen-bond donors (Lipinski definition) is 3. The Balaban J connectivity index is 1.69. The van der Waals surface area contributed by atoms with E-state index >= 15 is 0 Å². The molecule has 1 heterocycles. The molecule has 0 fully saturated rings. The number of aromatic nitrogens is 3. The Hall–Kier alpha value is -3.24. The van der Waals surface area contributed by atoms with Gasteiger partial charge in [0, 0.05) is 18.2 Å². The Morgan fingerprint density at radius 1 is 1.17 bits per heavy atom. The summed E-state index contributed by atoms with van der Waals surface area (Å²) in [6.07, 6.45) is 0. The van der Waals surface area contributed by atoms with E-state index in [2.05, 4.69) is 25.8 Å². The summed E-state index contributed by atoms with van der Waals surface area (Å²) in [5.41, 5.74) is 0.716. The third kappa shape index (κ3) is 5.43. The minimum Gasteiger partial charge on any atom is -0.326 e. The van der Waals surface area contributed by atoms with Gasteiger partial charge in [0.25, 0.3) is 5.56 Å². The molecular formula is C19H15ClFN5O3S. The van der Waals surface area contributed by atoms with Gasteiger partial charge in [-0.1, -0.05) is 41.6 Å². The minimum atomic E-state index is -0.586. The van der Waals surface area contributed by atoms with Gasteiger partial charge in [0.15, 0.2) is 10.9 Å². The molecule has 0 unspecified atom stereocenters. The molecule has 0 bridgehead atoms. The van der Waals surface area contributed by atoms with E-state index in [1.807, 2.05) is 0 Å². The zero-order valence-electron chi connectivity index (χ0n) is 15.5. The van der Waals surface area contributed by atoms with Crippen molar-refractivity contribution in [1.29, 1.82) is 0 Å². The number of hydrogen-bond acceptors (Lipinski definition) is 6. The van der Waals surface area contributed by atoms with Crippen LogP contribution in [-0.2, 0) is 9.59 Å². The third-order valence-electron chi connectivity index (χ3n) is 3.71. The first-order valence-corrected chi connectivity index (χ1v) is 9.91. The normalized spacial score (nSPS) is 10.5. The third-order valence-corrected chi connectivity index (χ3v) is 4.87. The van der Waals surface area contributed by atoms with Crippen molar-refractivity contribution in [2.24, 2.45) is 0 Å². The van der Waals surface area contributed by atoms with Crippen LogP contribution in [0.1, 0.15) is 6.92 Å². The predicted octanol–water partition coefficient (Wildman–Crippen LogP) is 3.31. The molecule has 3 aromatic rings. The van der Waals surface area contributed by atoms with Crippen LogP contribution in [-0.4, -0.2) is 32.7 Å². The quantitative estimate of drug-likeness (QED) is 0.499. The van der Waals surface area contributed by atoms with Crippen molar-refractivity contribution in [1.82, 2.24) is 15.2 Å². The number of nitrogens with one attached hydrogen (secondary N) is 3. The highest BCUT2D eigenvalue weighted by molar-refractivity contribution is 7.99. The average Bonchev–Trinajstić information content (AvgIpc) is 2.70. The topological polar surface area (TPSA) is 117 Å². The second-order valence-corrected chi connectivity index (χ2v) is 7.37. The Kier molecular flexibility index (Phi) is 6.80. The standard InChI is InChI=1S/C19H15ClFN5O3S/c1-10(27)22-15-5-3-2-4-12(15)17-18(29)24-19(26-25-17)30-9-16(28)23-11-6-7-14(21)13(20)8-11/h2-8H,9H2,1H3,(H,22,27)(H,23,28)(H,24,26,29). The monoisotopic (exact) mass is 447 g/mol. The van der Waals surface area contributed by atoms with Crippen molar-refractivity contribution in [3.8, 4) is 11.3 Å². The van der Waals surface area contributed by atoms with Crippen molar-refractivity contribution < 1.29 is 14.0 Å². The van der Waals surface area contributed by atoms with Crippen LogP contribution >= 0.6 is 23.4 Å². The number of thioether (sulfide) groups is 1. The highest BCUT2D eigenvalue weighted by Crippen LogP contribution is 2.24. The zero-order chi connectivity index (χ0) is 21.7. The second-order valence-electron chi connectivity index (χ2n) is 6.00. The number of benzene rings is 2. The molecule has 0 aliphatic heterocycles.